The van der Waals surface area contributed by atoms with Crippen LogP contribution in [0.5, 0.6) is 0 Å². The van der Waals surface area contributed by atoms with Crippen molar-refractivity contribution in [1.29, 1.82) is 0 Å². The lowest BCUT2D eigenvalue weighted by Gasteiger charge is -2.34. The van der Waals surface area contributed by atoms with E-state index in [1.54, 1.807) is 0 Å². The molecule has 2 unspecified atom stereocenters. The number of nitrogens with zero attached hydrogens (tertiary/aromatic N) is 2. The number of nitrogens with two attached hydrogens (primary N) is 1. The zero-order valence-corrected chi connectivity index (χ0v) is 10.9. The van der Waals surface area contributed by atoms with Gasteiger partial charge in [-0.3, -0.25) is 9.88 Å². The van der Waals surface area contributed by atoms with Crippen LogP contribution in [0, 0.1) is 12.8 Å². The van der Waals surface area contributed by atoms with Gasteiger partial charge in [0.15, 0.2) is 0 Å². The first-order chi connectivity index (χ1) is 8.16. The molecular formula is C14H23N3. The summed E-state index contributed by atoms with van der Waals surface area (Å²) in [6.45, 7) is 7.53. The van der Waals surface area contributed by atoms with Crippen molar-refractivity contribution in [2.24, 2.45) is 11.7 Å². The van der Waals surface area contributed by atoms with Gasteiger partial charge in [0.05, 0.1) is 5.69 Å². The summed E-state index contributed by atoms with van der Waals surface area (Å²) in [7, 11) is 0. The number of pyridine rings is 1. The van der Waals surface area contributed by atoms with Gasteiger partial charge in [-0.15, -0.1) is 0 Å². The first-order valence-electron chi connectivity index (χ1n) is 6.55. The zero-order chi connectivity index (χ0) is 12.3. The predicted molar refractivity (Wildman–Crippen MR) is 70.6 cm³/mol. The first-order valence-corrected chi connectivity index (χ1v) is 6.55. The summed E-state index contributed by atoms with van der Waals surface area (Å²) in [5.74, 6) is 0.646. The maximum atomic E-state index is 6.01. The van der Waals surface area contributed by atoms with Crippen LogP contribution in [0.1, 0.15) is 31.0 Å². The summed E-state index contributed by atoms with van der Waals surface area (Å²) in [6.07, 6.45) is 4.42. The molecule has 3 nitrogen and oxygen atoms in total. The van der Waals surface area contributed by atoms with Crippen LogP contribution < -0.4 is 5.73 Å². The van der Waals surface area contributed by atoms with Crippen molar-refractivity contribution in [3.8, 4) is 0 Å². The van der Waals surface area contributed by atoms with Gasteiger partial charge in [-0.25, -0.2) is 0 Å². The highest BCUT2D eigenvalue weighted by Gasteiger charge is 2.22. The Morgan fingerprint density at radius 1 is 1.59 bits per heavy atom. The molecule has 1 fully saturated rings. The largest absolute Gasteiger partial charge is 0.328 e. The fourth-order valence-electron chi connectivity index (χ4n) is 2.56. The van der Waals surface area contributed by atoms with Gasteiger partial charge in [-0.05, 0) is 50.8 Å². The number of piperidine rings is 1. The van der Waals surface area contributed by atoms with Crippen molar-refractivity contribution in [2.45, 2.75) is 39.3 Å². The van der Waals surface area contributed by atoms with Crippen LogP contribution in [0.4, 0.5) is 0 Å². The summed E-state index contributed by atoms with van der Waals surface area (Å²) in [6, 6.07) is 4.44. The van der Waals surface area contributed by atoms with Crippen molar-refractivity contribution in [3.63, 3.8) is 0 Å². The van der Waals surface area contributed by atoms with Crippen LogP contribution in [-0.2, 0) is 6.54 Å². The molecule has 1 aliphatic heterocycles. The Hall–Kier alpha value is -0.930. The first kappa shape index (κ1) is 12.5. The Bertz CT molecular complexity index is 362. The molecule has 1 aromatic rings. The third-order valence-electron chi connectivity index (χ3n) is 3.78. The second kappa shape index (κ2) is 5.61. The Morgan fingerprint density at radius 3 is 3.12 bits per heavy atom. The average molecular weight is 233 g/mol. The molecule has 94 valence electrons. The van der Waals surface area contributed by atoms with E-state index in [0.717, 1.165) is 13.1 Å². The fraction of sp³-hybridized carbons (Fsp3) is 0.643. The third-order valence-corrected chi connectivity index (χ3v) is 3.78. The summed E-state index contributed by atoms with van der Waals surface area (Å²) >= 11 is 0. The summed E-state index contributed by atoms with van der Waals surface area (Å²) < 4.78 is 0. The number of hydrogen-bond donors (Lipinski definition) is 1. The van der Waals surface area contributed by atoms with Gasteiger partial charge in [0.1, 0.15) is 0 Å². The van der Waals surface area contributed by atoms with E-state index in [2.05, 4.69) is 29.8 Å². The van der Waals surface area contributed by atoms with Gasteiger partial charge in [-0.2, -0.15) is 0 Å². The number of aryl methyl sites for hydroxylation is 1. The van der Waals surface area contributed by atoms with E-state index in [1.165, 1.54) is 30.6 Å². The van der Waals surface area contributed by atoms with Crippen molar-refractivity contribution >= 4 is 0 Å². The van der Waals surface area contributed by atoms with Gasteiger partial charge in [0.25, 0.3) is 0 Å². The number of hydrogen-bond acceptors (Lipinski definition) is 3. The second-order valence-electron chi connectivity index (χ2n) is 5.26. The number of aromatic nitrogens is 1. The van der Waals surface area contributed by atoms with E-state index in [4.69, 9.17) is 5.73 Å². The lowest BCUT2D eigenvalue weighted by molar-refractivity contribution is 0.152. The Kier molecular flexibility index (Phi) is 4.13. The molecule has 2 rings (SSSR count). The van der Waals surface area contributed by atoms with Gasteiger partial charge < -0.3 is 5.73 Å². The van der Waals surface area contributed by atoms with Gasteiger partial charge in [-0.1, -0.05) is 6.07 Å². The molecule has 1 saturated heterocycles. The highest BCUT2D eigenvalue weighted by molar-refractivity contribution is 5.17. The van der Waals surface area contributed by atoms with Gasteiger partial charge >= 0.3 is 0 Å². The van der Waals surface area contributed by atoms with Crippen molar-refractivity contribution < 1.29 is 0 Å². The fourth-order valence-corrected chi connectivity index (χ4v) is 2.56. The highest BCUT2D eigenvalue weighted by Crippen LogP contribution is 2.20. The Morgan fingerprint density at radius 2 is 2.41 bits per heavy atom. The summed E-state index contributed by atoms with van der Waals surface area (Å²) in [4.78, 5) is 6.96. The van der Waals surface area contributed by atoms with E-state index in [-0.39, 0.29) is 0 Å². The molecule has 3 heteroatoms. The van der Waals surface area contributed by atoms with Crippen LogP contribution in [0.2, 0.25) is 0 Å². The normalized spacial score (nSPS) is 23.6. The highest BCUT2D eigenvalue weighted by atomic mass is 15.1. The van der Waals surface area contributed by atoms with E-state index in [9.17, 15) is 0 Å². The standard InChI is InChI=1S/C14H23N3/c1-11-5-3-7-16-14(11)10-17-8-4-6-13(9-17)12(2)15/h3,5,7,12-13H,4,6,8-10,15H2,1-2H3. The molecule has 2 atom stereocenters. The van der Waals surface area contributed by atoms with Crippen LogP contribution >= 0.6 is 0 Å². The monoisotopic (exact) mass is 233 g/mol. The molecule has 0 aromatic carbocycles. The minimum atomic E-state index is 0.308. The topological polar surface area (TPSA) is 42.2 Å². The van der Waals surface area contributed by atoms with Crippen molar-refractivity contribution in [3.05, 3.63) is 29.6 Å². The Balaban J connectivity index is 1.97. The van der Waals surface area contributed by atoms with Gasteiger partial charge in [0.2, 0.25) is 0 Å². The number of likely N-dealkylation sites (tertiary alicyclic amines) is 1. The van der Waals surface area contributed by atoms with Crippen LogP contribution in [0.25, 0.3) is 0 Å². The van der Waals surface area contributed by atoms with Crippen LogP contribution in [0.15, 0.2) is 18.3 Å². The lowest BCUT2D eigenvalue weighted by Crippen LogP contribution is -2.42. The molecule has 2 N–H and O–H groups in total. The van der Waals surface area contributed by atoms with E-state index < -0.39 is 0 Å². The quantitative estimate of drug-likeness (QED) is 0.867. The predicted octanol–water partition coefficient (Wildman–Crippen LogP) is 1.95. The van der Waals surface area contributed by atoms with E-state index in [1.807, 2.05) is 12.3 Å². The molecule has 0 radical (unpaired) electrons. The van der Waals surface area contributed by atoms with Crippen molar-refractivity contribution in [1.82, 2.24) is 9.88 Å². The number of rotatable bonds is 3. The maximum Gasteiger partial charge on any atom is 0.0573 e. The van der Waals surface area contributed by atoms with E-state index in [0.29, 0.717) is 12.0 Å². The molecule has 0 spiro atoms. The van der Waals surface area contributed by atoms with Crippen molar-refractivity contribution in [2.75, 3.05) is 13.1 Å². The summed E-state index contributed by atoms with van der Waals surface area (Å²) in [5.41, 5.74) is 8.50. The molecule has 0 amide bonds. The zero-order valence-electron chi connectivity index (χ0n) is 10.9. The third kappa shape index (κ3) is 3.27. The van der Waals surface area contributed by atoms with Crippen LogP contribution in [-0.4, -0.2) is 29.0 Å². The molecular weight excluding hydrogens is 210 g/mol. The molecule has 1 aromatic heterocycles. The second-order valence-corrected chi connectivity index (χ2v) is 5.26. The smallest absolute Gasteiger partial charge is 0.0573 e. The minimum absolute atomic E-state index is 0.308. The Labute approximate surface area is 104 Å². The average Bonchev–Trinajstić information content (AvgIpc) is 2.32. The van der Waals surface area contributed by atoms with Crippen LogP contribution in [0.3, 0.4) is 0 Å². The molecule has 1 aliphatic rings. The SMILES string of the molecule is Cc1cccnc1CN1CCCC(C(C)N)C1. The summed E-state index contributed by atoms with van der Waals surface area (Å²) in [5, 5.41) is 0. The molecule has 17 heavy (non-hydrogen) atoms. The molecule has 0 aliphatic carbocycles. The molecule has 0 saturated carbocycles. The van der Waals surface area contributed by atoms with E-state index >= 15 is 0 Å². The van der Waals surface area contributed by atoms with Gasteiger partial charge in [0, 0.05) is 25.3 Å². The molecule has 2 heterocycles. The maximum absolute atomic E-state index is 6.01. The molecule has 0 bridgehead atoms. The minimum Gasteiger partial charge on any atom is -0.328 e. The lowest BCUT2D eigenvalue weighted by atomic mass is 9.92.